The third kappa shape index (κ3) is 3.30. The van der Waals surface area contributed by atoms with Crippen LogP contribution in [0.3, 0.4) is 0 Å². The van der Waals surface area contributed by atoms with Gasteiger partial charge in [0.05, 0.1) is 4.99 Å². The van der Waals surface area contributed by atoms with Gasteiger partial charge in [0.2, 0.25) is 0 Å². The van der Waals surface area contributed by atoms with Crippen LogP contribution in [-0.4, -0.2) is 42.6 Å². The van der Waals surface area contributed by atoms with Crippen LogP contribution in [0.15, 0.2) is 30.3 Å². The maximum atomic E-state index is 5.73. The van der Waals surface area contributed by atoms with Gasteiger partial charge in [-0.1, -0.05) is 30.4 Å². The minimum atomic E-state index is 0.417. The summed E-state index contributed by atoms with van der Waals surface area (Å²) in [4.78, 5) is 5.75. The van der Waals surface area contributed by atoms with Gasteiger partial charge < -0.3 is 10.6 Å². The summed E-state index contributed by atoms with van der Waals surface area (Å²) in [5, 5.41) is 0. The fourth-order valence-electron chi connectivity index (χ4n) is 3.21. The summed E-state index contributed by atoms with van der Waals surface area (Å²) < 4.78 is 0. The minimum absolute atomic E-state index is 0.417. The Morgan fingerprint density at radius 1 is 1.10 bits per heavy atom. The lowest BCUT2D eigenvalue weighted by molar-refractivity contribution is 0.211. The van der Waals surface area contributed by atoms with E-state index < -0.39 is 0 Å². The fourth-order valence-corrected chi connectivity index (χ4v) is 3.52. The van der Waals surface area contributed by atoms with Crippen LogP contribution in [0.4, 0.5) is 5.69 Å². The fraction of sp³-hybridized carbons (Fsp3) is 0.562. The Labute approximate surface area is 126 Å². The van der Waals surface area contributed by atoms with Crippen molar-refractivity contribution in [2.24, 2.45) is 11.1 Å². The maximum Gasteiger partial charge on any atom is 0.0733 e. The molecule has 1 aromatic rings. The molecule has 0 unspecified atom stereocenters. The number of benzene rings is 1. The first-order valence-electron chi connectivity index (χ1n) is 7.48. The zero-order chi connectivity index (χ0) is 14.0. The first-order chi connectivity index (χ1) is 9.67. The van der Waals surface area contributed by atoms with Crippen LogP contribution in [0.5, 0.6) is 0 Å². The monoisotopic (exact) mass is 289 g/mol. The van der Waals surface area contributed by atoms with Crippen molar-refractivity contribution in [3.8, 4) is 0 Å². The van der Waals surface area contributed by atoms with Gasteiger partial charge in [0.1, 0.15) is 0 Å². The summed E-state index contributed by atoms with van der Waals surface area (Å²) in [5.41, 5.74) is 7.49. The van der Waals surface area contributed by atoms with Gasteiger partial charge >= 0.3 is 0 Å². The highest BCUT2D eigenvalue weighted by Crippen LogP contribution is 2.49. The van der Waals surface area contributed by atoms with Gasteiger partial charge in [-0.15, -0.1) is 0 Å². The Morgan fingerprint density at radius 3 is 2.30 bits per heavy atom. The number of piperazine rings is 1. The van der Waals surface area contributed by atoms with Crippen molar-refractivity contribution >= 4 is 22.9 Å². The first kappa shape index (κ1) is 13.8. The summed E-state index contributed by atoms with van der Waals surface area (Å²) in [6.45, 7) is 5.70. The lowest BCUT2D eigenvalue weighted by Crippen LogP contribution is -2.48. The van der Waals surface area contributed by atoms with E-state index >= 15 is 0 Å². The van der Waals surface area contributed by atoms with Crippen molar-refractivity contribution in [1.29, 1.82) is 0 Å². The average Bonchev–Trinajstić information content (AvgIpc) is 3.19. The standard InChI is InChI=1S/C16H23N3S/c17-15(20)12-16(6-7-16)13-18-8-10-19(11-9-18)14-4-2-1-3-5-14/h1-5H,6-13H2,(H2,17,20). The summed E-state index contributed by atoms with van der Waals surface area (Å²) >= 11 is 5.08. The van der Waals surface area contributed by atoms with E-state index in [0.29, 0.717) is 10.4 Å². The molecule has 1 aromatic carbocycles. The molecule has 1 aliphatic carbocycles. The molecule has 2 N–H and O–H groups in total. The van der Waals surface area contributed by atoms with Crippen LogP contribution < -0.4 is 10.6 Å². The van der Waals surface area contributed by atoms with E-state index in [1.807, 2.05) is 0 Å². The van der Waals surface area contributed by atoms with Crippen LogP contribution in [0.2, 0.25) is 0 Å². The first-order valence-corrected chi connectivity index (χ1v) is 7.88. The van der Waals surface area contributed by atoms with Gasteiger partial charge in [0.15, 0.2) is 0 Å². The van der Waals surface area contributed by atoms with E-state index in [4.69, 9.17) is 18.0 Å². The quantitative estimate of drug-likeness (QED) is 0.843. The zero-order valence-corrected chi connectivity index (χ0v) is 12.7. The number of hydrogen-bond acceptors (Lipinski definition) is 3. The molecule has 2 aliphatic rings. The van der Waals surface area contributed by atoms with E-state index in [2.05, 4.69) is 40.1 Å². The Hall–Kier alpha value is -1.13. The van der Waals surface area contributed by atoms with Gasteiger partial charge in [-0.2, -0.15) is 0 Å². The molecular formula is C16H23N3S. The normalized spacial score (nSPS) is 21.7. The average molecular weight is 289 g/mol. The molecule has 2 fully saturated rings. The molecule has 4 heteroatoms. The van der Waals surface area contributed by atoms with Crippen molar-refractivity contribution in [2.45, 2.75) is 19.3 Å². The summed E-state index contributed by atoms with van der Waals surface area (Å²) in [6, 6.07) is 10.7. The van der Waals surface area contributed by atoms with E-state index in [-0.39, 0.29) is 0 Å². The SMILES string of the molecule is NC(=S)CC1(CN2CCN(c3ccccc3)CC2)CC1. The lowest BCUT2D eigenvalue weighted by Gasteiger charge is -2.37. The summed E-state index contributed by atoms with van der Waals surface area (Å²) in [5.74, 6) is 0. The Bertz CT molecular complexity index is 462. The van der Waals surface area contributed by atoms with Crippen LogP contribution in [0.1, 0.15) is 19.3 Å². The van der Waals surface area contributed by atoms with Gasteiger partial charge in [-0.25, -0.2) is 0 Å². The molecule has 1 aliphatic heterocycles. The molecule has 1 saturated carbocycles. The number of anilines is 1. The van der Waals surface area contributed by atoms with Crippen LogP contribution in [-0.2, 0) is 0 Å². The number of hydrogen-bond donors (Lipinski definition) is 1. The molecule has 0 spiro atoms. The largest absolute Gasteiger partial charge is 0.393 e. The Morgan fingerprint density at radius 2 is 1.75 bits per heavy atom. The van der Waals surface area contributed by atoms with Gasteiger partial charge in [0.25, 0.3) is 0 Å². The third-order valence-corrected chi connectivity index (χ3v) is 4.70. The predicted molar refractivity (Wildman–Crippen MR) is 88.2 cm³/mol. The minimum Gasteiger partial charge on any atom is -0.393 e. The number of thiocarbonyl (C=S) groups is 1. The second-order valence-electron chi connectivity index (χ2n) is 6.24. The molecular weight excluding hydrogens is 266 g/mol. The Balaban J connectivity index is 1.51. The van der Waals surface area contributed by atoms with Crippen molar-refractivity contribution in [3.05, 3.63) is 30.3 Å². The molecule has 0 atom stereocenters. The second-order valence-corrected chi connectivity index (χ2v) is 6.77. The molecule has 0 aromatic heterocycles. The van der Waals surface area contributed by atoms with Crippen molar-refractivity contribution in [2.75, 3.05) is 37.6 Å². The summed E-state index contributed by atoms with van der Waals surface area (Å²) in [7, 11) is 0. The smallest absolute Gasteiger partial charge is 0.0733 e. The molecule has 0 bridgehead atoms. The van der Waals surface area contributed by atoms with E-state index in [0.717, 1.165) is 32.6 Å². The van der Waals surface area contributed by atoms with Crippen molar-refractivity contribution < 1.29 is 0 Å². The van der Waals surface area contributed by atoms with Crippen molar-refractivity contribution in [3.63, 3.8) is 0 Å². The van der Waals surface area contributed by atoms with Crippen molar-refractivity contribution in [1.82, 2.24) is 4.90 Å². The van der Waals surface area contributed by atoms with Gasteiger partial charge in [0, 0.05) is 44.8 Å². The predicted octanol–water partition coefficient (Wildman–Crippen LogP) is 2.27. The third-order valence-electron chi connectivity index (χ3n) is 4.56. The summed E-state index contributed by atoms with van der Waals surface area (Å²) in [6.07, 6.45) is 3.52. The molecule has 108 valence electrons. The van der Waals surface area contributed by atoms with Crippen LogP contribution in [0, 0.1) is 5.41 Å². The van der Waals surface area contributed by atoms with Crippen LogP contribution >= 0.6 is 12.2 Å². The number of rotatable bonds is 5. The highest BCUT2D eigenvalue weighted by atomic mass is 32.1. The highest BCUT2D eigenvalue weighted by molar-refractivity contribution is 7.80. The van der Waals surface area contributed by atoms with Gasteiger partial charge in [-0.05, 0) is 30.4 Å². The molecule has 1 saturated heterocycles. The number of para-hydroxylation sites is 1. The van der Waals surface area contributed by atoms with E-state index in [9.17, 15) is 0 Å². The van der Waals surface area contributed by atoms with E-state index in [1.54, 1.807) is 0 Å². The highest BCUT2D eigenvalue weighted by Gasteiger charge is 2.44. The zero-order valence-electron chi connectivity index (χ0n) is 11.9. The lowest BCUT2D eigenvalue weighted by atomic mass is 10.0. The second kappa shape index (κ2) is 5.70. The van der Waals surface area contributed by atoms with E-state index in [1.165, 1.54) is 25.1 Å². The topological polar surface area (TPSA) is 32.5 Å². The number of nitrogens with zero attached hydrogens (tertiary/aromatic N) is 2. The molecule has 3 rings (SSSR count). The molecule has 1 heterocycles. The van der Waals surface area contributed by atoms with Crippen LogP contribution in [0.25, 0.3) is 0 Å². The molecule has 0 amide bonds. The molecule has 3 nitrogen and oxygen atoms in total. The Kier molecular flexibility index (Phi) is 3.94. The molecule has 0 radical (unpaired) electrons. The number of nitrogens with two attached hydrogens (primary N) is 1. The maximum absolute atomic E-state index is 5.73. The molecule has 20 heavy (non-hydrogen) atoms. The van der Waals surface area contributed by atoms with Gasteiger partial charge in [-0.3, -0.25) is 4.90 Å².